The van der Waals surface area contributed by atoms with Gasteiger partial charge in [-0.15, -0.1) is 23.5 Å². The van der Waals surface area contributed by atoms with E-state index >= 15 is 0 Å². The summed E-state index contributed by atoms with van der Waals surface area (Å²) in [5, 5.41) is 3.05. The lowest BCUT2D eigenvalue weighted by molar-refractivity contribution is -0.124. The molecule has 26 heavy (non-hydrogen) atoms. The quantitative estimate of drug-likeness (QED) is 0.598. The Hall–Kier alpha value is -1.86. The van der Waals surface area contributed by atoms with Crippen LogP contribution in [0.5, 0.6) is 5.75 Å². The second kappa shape index (κ2) is 8.68. The highest BCUT2D eigenvalue weighted by molar-refractivity contribution is 7.99. The molecule has 2 aromatic rings. The molecule has 4 nitrogen and oxygen atoms in total. The van der Waals surface area contributed by atoms with Gasteiger partial charge in [0.15, 0.2) is 0 Å². The predicted molar refractivity (Wildman–Crippen MR) is 105 cm³/mol. The summed E-state index contributed by atoms with van der Waals surface area (Å²) in [6.45, 7) is 2.31. The molecule has 1 heterocycles. The van der Waals surface area contributed by atoms with E-state index in [1.54, 1.807) is 23.9 Å². The Labute approximate surface area is 161 Å². The molecule has 0 saturated carbocycles. The van der Waals surface area contributed by atoms with Crippen LogP contribution in [0, 0.1) is 11.7 Å². The van der Waals surface area contributed by atoms with Gasteiger partial charge in [-0.1, -0.05) is 25.1 Å². The fourth-order valence-corrected chi connectivity index (χ4v) is 4.49. The van der Waals surface area contributed by atoms with Crippen molar-refractivity contribution in [3.63, 3.8) is 0 Å². The van der Waals surface area contributed by atoms with Gasteiger partial charge in [0.1, 0.15) is 18.2 Å². The molecule has 0 aromatic heterocycles. The van der Waals surface area contributed by atoms with Crippen LogP contribution in [0.2, 0.25) is 0 Å². The first-order valence-corrected chi connectivity index (χ1v) is 10.3. The Kier molecular flexibility index (Phi) is 6.32. The molecule has 0 aliphatic carbocycles. The molecule has 0 spiro atoms. The average molecular weight is 393 g/mol. The number of anilines is 1. The molecule has 0 saturated heterocycles. The number of rotatable bonds is 5. The van der Waals surface area contributed by atoms with Crippen LogP contribution in [0.15, 0.2) is 52.3 Å². The van der Waals surface area contributed by atoms with Crippen molar-refractivity contribution in [2.45, 2.75) is 22.8 Å². The van der Waals surface area contributed by atoms with Gasteiger partial charge in [0.25, 0.3) is 0 Å². The lowest BCUT2D eigenvalue weighted by Gasteiger charge is -2.19. The molecular weight excluding hydrogens is 371 g/mol. The minimum Gasteiger partial charge on any atom is -0.490 e. The molecule has 7 heteroatoms. The van der Waals surface area contributed by atoms with Gasteiger partial charge in [0.2, 0.25) is 5.91 Å². The summed E-state index contributed by atoms with van der Waals surface area (Å²) >= 11 is 3.07. The molecule has 1 amide bonds. The number of ether oxygens (including phenoxy) is 1. The van der Waals surface area contributed by atoms with Gasteiger partial charge in [-0.05, 0) is 24.3 Å². The summed E-state index contributed by atoms with van der Waals surface area (Å²) < 4.78 is 19.3. The molecule has 1 aliphatic rings. The van der Waals surface area contributed by atoms with Crippen LogP contribution in [0.3, 0.4) is 0 Å². The SMILES string of the molecule is C[C@H](CSc1cccc(F)c1N)C(=O)N[C@@H]1COc2ccccc2SC1. The van der Waals surface area contributed by atoms with Gasteiger partial charge in [-0.2, -0.15) is 0 Å². The summed E-state index contributed by atoms with van der Waals surface area (Å²) in [4.78, 5) is 14.2. The Balaban J connectivity index is 1.51. The maximum atomic E-state index is 13.5. The number of amides is 1. The highest BCUT2D eigenvalue weighted by Gasteiger charge is 2.22. The predicted octanol–water partition coefficient (Wildman–Crippen LogP) is 3.81. The molecule has 0 fully saturated rings. The maximum absolute atomic E-state index is 13.5. The number of para-hydroxylation sites is 2. The zero-order valence-electron chi connectivity index (χ0n) is 14.4. The summed E-state index contributed by atoms with van der Waals surface area (Å²) in [7, 11) is 0. The smallest absolute Gasteiger partial charge is 0.224 e. The molecule has 0 bridgehead atoms. The second-order valence-corrected chi connectivity index (χ2v) is 8.26. The third-order valence-corrected chi connectivity index (χ3v) is 6.58. The van der Waals surface area contributed by atoms with E-state index in [-0.39, 0.29) is 23.6 Å². The minimum absolute atomic E-state index is 0.0346. The summed E-state index contributed by atoms with van der Waals surface area (Å²) in [5.41, 5.74) is 5.87. The monoisotopic (exact) mass is 392 g/mol. The number of halogens is 1. The third-order valence-electron chi connectivity index (χ3n) is 4.02. The number of fused-ring (bicyclic) bond motifs is 1. The van der Waals surface area contributed by atoms with E-state index < -0.39 is 5.82 Å². The zero-order valence-corrected chi connectivity index (χ0v) is 16.0. The van der Waals surface area contributed by atoms with E-state index in [1.807, 2.05) is 31.2 Å². The van der Waals surface area contributed by atoms with E-state index in [0.717, 1.165) is 16.4 Å². The van der Waals surface area contributed by atoms with Crippen LogP contribution in [0.1, 0.15) is 6.92 Å². The average Bonchev–Trinajstić information content (AvgIpc) is 2.85. The van der Waals surface area contributed by atoms with Crippen molar-refractivity contribution in [2.75, 3.05) is 23.8 Å². The highest BCUT2D eigenvalue weighted by atomic mass is 32.2. The number of carbonyl (C=O) groups excluding carboxylic acids is 1. The number of nitrogens with one attached hydrogen (secondary N) is 1. The molecule has 0 unspecified atom stereocenters. The lowest BCUT2D eigenvalue weighted by atomic mass is 10.2. The van der Waals surface area contributed by atoms with Crippen molar-refractivity contribution >= 4 is 35.1 Å². The molecule has 3 rings (SSSR count). The van der Waals surface area contributed by atoms with Gasteiger partial charge >= 0.3 is 0 Å². The Morgan fingerprint density at radius 3 is 3.04 bits per heavy atom. The van der Waals surface area contributed by atoms with Crippen molar-refractivity contribution in [1.29, 1.82) is 0 Å². The summed E-state index contributed by atoms with van der Waals surface area (Å²) in [6.07, 6.45) is 0. The third kappa shape index (κ3) is 4.65. The molecule has 0 radical (unpaired) electrons. The van der Waals surface area contributed by atoms with Crippen LogP contribution < -0.4 is 15.8 Å². The summed E-state index contributed by atoms with van der Waals surface area (Å²) in [6, 6.07) is 12.5. The maximum Gasteiger partial charge on any atom is 0.224 e. The van der Waals surface area contributed by atoms with Gasteiger partial charge in [0.05, 0.1) is 11.7 Å². The highest BCUT2D eigenvalue weighted by Crippen LogP contribution is 2.32. The van der Waals surface area contributed by atoms with Gasteiger partial charge < -0.3 is 15.8 Å². The Morgan fingerprint density at radius 1 is 1.38 bits per heavy atom. The minimum atomic E-state index is -0.431. The van der Waals surface area contributed by atoms with Crippen molar-refractivity contribution in [3.8, 4) is 5.75 Å². The van der Waals surface area contributed by atoms with Gasteiger partial charge in [0, 0.05) is 27.2 Å². The first-order valence-electron chi connectivity index (χ1n) is 8.36. The largest absolute Gasteiger partial charge is 0.490 e. The van der Waals surface area contributed by atoms with Crippen molar-refractivity contribution in [2.24, 2.45) is 5.92 Å². The van der Waals surface area contributed by atoms with Crippen molar-refractivity contribution in [1.82, 2.24) is 5.32 Å². The number of benzene rings is 2. The van der Waals surface area contributed by atoms with Crippen LogP contribution in [0.25, 0.3) is 0 Å². The fourth-order valence-electron chi connectivity index (χ4n) is 2.48. The number of hydrogen-bond acceptors (Lipinski definition) is 5. The number of hydrogen-bond donors (Lipinski definition) is 2. The van der Waals surface area contributed by atoms with Crippen LogP contribution in [-0.4, -0.2) is 30.1 Å². The molecule has 2 aromatic carbocycles. The van der Waals surface area contributed by atoms with Gasteiger partial charge in [-0.25, -0.2) is 4.39 Å². The number of nitrogens with two attached hydrogens (primary N) is 1. The van der Waals surface area contributed by atoms with E-state index in [4.69, 9.17) is 10.5 Å². The first kappa shape index (κ1) is 18.9. The molecule has 138 valence electrons. The number of carbonyl (C=O) groups is 1. The Morgan fingerprint density at radius 2 is 2.19 bits per heavy atom. The van der Waals surface area contributed by atoms with Crippen molar-refractivity contribution in [3.05, 3.63) is 48.3 Å². The first-order chi connectivity index (χ1) is 12.5. The molecule has 3 N–H and O–H groups in total. The van der Waals surface area contributed by atoms with E-state index in [2.05, 4.69) is 5.32 Å². The topological polar surface area (TPSA) is 64.4 Å². The normalized spacial score (nSPS) is 17.5. The molecule has 1 aliphatic heterocycles. The number of thioether (sulfide) groups is 2. The second-order valence-electron chi connectivity index (χ2n) is 6.14. The zero-order chi connectivity index (χ0) is 18.5. The van der Waals surface area contributed by atoms with Crippen LogP contribution in [-0.2, 0) is 4.79 Å². The fraction of sp³-hybridized carbons (Fsp3) is 0.316. The van der Waals surface area contributed by atoms with Crippen LogP contribution >= 0.6 is 23.5 Å². The number of nitrogen functional groups attached to an aromatic ring is 1. The van der Waals surface area contributed by atoms with E-state index in [9.17, 15) is 9.18 Å². The molecular formula is C19H21FN2O2S2. The lowest BCUT2D eigenvalue weighted by Crippen LogP contribution is -2.43. The van der Waals surface area contributed by atoms with E-state index in [0.29, 0.717) is 17.3 Å². The van der Waals surface area contributed by atoms with Crippen LogP contribution in [0.4, 0.5) is 10.1 Å². The molecule has 2 atom stereocenters. The standard InChI is InChI=1S/C19H21FN2O2S2/c1-12(10-25-17-8-4-5-14(20)18(17)21)19(23)22-13-9-24-15-6-2-3-7-16(15)26-11-13/h2-8,12-13H,9-11,21H2,1H3,(H,22,23)/t12-,13-/m1/s1. The Bertz CT molecular complexity index is 761. The van der Waals surface area contributed by atoms with Crippen molar-refractivity contribution < 1.29 is 13.9 Å². The van der Waals surface area contributed by atoms with Gasteiger partial charge in [-0.3, -0.25) is 4.79 Å². The summed E-state index contributed by atoms with van der Waals surface area (Å²) in [5.74, 6) is 1.46. The van der Waals surface area contributed by atoms with E-state index in [1.165, 1.54) is 17.8 Å².